The second-order valence-corrected chi connectivity index (χ2v) is 10.8. The minimum atomic E-state index is 0. The van der Waals surface area contributed by atoms with Gasteiger partial charge >= 0.3 is 21.1 Å². The Morgan fingerprint density at radius 1 is 0.615 bits per heavy atom. The average Bonchev–Trinajstić information content (AvgIpc) is 3.90. The van der Waals surface area contributed by atoms with Gasteiger partial charge in [-0.25, -0.2) is 24.2 Å². The fourth-order valence-corrected chi connectivity index (χ4v) is 4.99. The molecule has 7 aromatic rings. The van der Waals surface area contributed by atoms with E-state index < -0.39 is 0 Å². The molecule has 1 aliphatic heterocycles. The summed E-state index contributed by atoms with van der Waals surface area (Å²) in [6.45, 7) is 2.01. The van der Waals surface area contributed by atoms with Crippen LogP contribution in [0.3, 0.4) is 0 Å². The van der Waals surface area contributed by atoms with Crippen LogP contribution in [0.2, 0.25) is 0 Å². The monoisotopic (exact) mass is 1030 g/mol. The maximum atomic E-state index is 6.57. The van der Waals surface area contributed by atoms with Crippen molar-refractivity contribution < 1.29 is 51.6 Å². The number of hydrogen-bond donors (Lipinski definition) is 0. The van der Waals surface area contributed by atoms with Gasteiger partial charge < -0.3 is 35.2 Å². The number of nitrogens with zero attached hydrogens (tertiary/aromatic N) is 4. The fraction of sp³-hybridized carbons (Fsp3) is 0. The Balaban J connectivity index is 0.000000523. The fourth-order valence-electron chi connectivity index (χ4n) is 4.99. The van der Waals surface area contributed by atoms with E-state index in [4.69, 9.17) is 15.9 Å². The third-order valence-corrected chi connectivity index (χ3v) is 7.38. The number of anilines is 2. The predicted octanol–water partition coefficient (Wildman–Crippen LogP) is 9.80. The molecule has 6 nitrogen and oxygen atoms in total. The van der Waals surface area contributed by atoms with Crippen LogP contribution in [0.15, 0.2) is 158 Å². The minimum absolute atomic E-state index is 0. The molecule has 2 aromatic heterocycles. The molecular weight excluding hydrogens is 1010 g/mol. The SMILES string of the molecule is [C-]#Cn1cccc1.[Pt+4].[Pt].[c-]1ccccc1Oc1[c-]c(-c2[c-]cnc(-c3[c-]c(Oc4[c-]c(N5C=CN(c6ccccc6)[CH-]5)ccc4)ccc3)c2)ccc1. The second kappa shape index (κ2) is 18.6. The van der Waals surface area contributed by atoms with Crippen LogP contribution in [0, 0.1) is 49.5 Å². The van der Waals surface area contributed by atoms with Crippen LogP contribution in [0.25, 0.3) is 22.4 Å². The molecule has 0 saturated carbocycles. The van der Waals surface area contributed by atoms with Crippen LogP contribution in [0.1, 0.15) is 0 Å². The third-order valence-electron chi connectivity index (χ3n) is 7.38. The molecule has 0 saturated heterocycles. The normalized spacial score (nSPS) is 11.3. The first kappa shape index (κ1) is 37.7. The molecule has 0 aliphatic carbocycles. The Bertz CT molecular complexity index is 2240. The molecular formula is C44H27N4O2Pt2-3. The number of ether oxygens (including phenoxy) is 2. The van der Waals surface area contributed by atoms with Crippen molar-refractivity contribution in [3.63, 3.8) is 0 Å². The zero-order valence-electron chi connectivity index (χ0n) is 27.3. The van der Waals surface area contributed by atoms with Gasteiger partial charge in [-0.3, -0.25) is 11.1 Å². The molecule has 0 bridgehead atoms. The molecule has 0 spiro atoms. The smallest absolute Gasteiger partial charge is 0.669 e. The zero-order valence-corrected chi connectivity index (χ0v) is 31.9. The van der Waals surface area contributed by atoms with Crippen molar-refractivity contribution >= 4 is 11.4 Å². The Morgan fingerprint density at radius 3 is 1.96 bits per heavy atom. The van der Waals surface area contributed by atoms with Gasteiger partial charge in [-0.15, -0.1) is 72.5 Å². The van der Waals surface area contributed by atoms with Crippen molar-refractivity contribution in [2.45, 2.75) is 0 Å². The quantitative estimate of drug-likeness (QED) is 0.112. The summed E-state index contributed by atoms with van der Waals surface area (Å²) in [7, 11) is 0. The van der Waals surface area contributed by atoms with Crippen molar-refractivity contribution in [2.24, 2.45) is 0 Å². The molecule has 8 heteroatoms. The van der Waals surface area contributed by atoms with Gasteiger partial charge in [0.25, 0.3) is 0 Å². The average molecular weight is 1030 g/mol. The van der Waals surface area contributed by atoms with Crippen molar-refractivity contribution in [1.29, 1.82) is 0 Å². The maximum absolute atomic E-state index is 6.57. The van der Waals surface area contributed by atoms with E-state index in [1.807, 2.05) is 139 Å². The van der Waals surface area contributed by atoms with E-state index in [2.05, 4.69) is 58.4 Å². The number of aromatic nitrogens is 2. The first-order chi connectivity index (χ1) is 24.7. The molecule has 3 heterocycles. The summed E-state index contributed by atoms with van der Waals surface area (Å²) < 4.78 is 13.6. The van der Waals surface area contributed by atoms with E-state index in [0.29, 0.717) is 23.0 Å². The molecule has 258 valence electrons. The van der Waals surface area contributed by atoms with Gasteiger partial charge in [0.15, 0.2) is 0 Å². The molecule has 5 aromatic carbocycles. The van der Waals surface area contributed by atoms with Gasteiger partial charge in [0, 0.05) is 62.1 Å². The van der Waals surface area contributed by atoms with Crippen LogP contribution in [0.4, 0.5) is 11.4 Å². The minimum Gasteiger partial charge on any atom is -0.669 e. The first-order valence-corrected chi connectivity index (χ1v) is 15.7. The molecule has 52 heavy (non-hydrogen) atoms. The van der Waals surface area contributed by atoms with Crippen LogP contribution in [0.5, 0.6) is 23.0 Å². The van der Waals surface area contributed by atoms with Crippen molar-refractivity contribution in [3.8, 4) is 51.4 Å². The Labute approximate surface area is 333 Å². The van der Waals surface area contributed by atoms with E-state index in [-0.39, 0.29) is 42.1 Å². The molecule has 8 rings (SSSR count). The standard InChI is InChI=1S/C38H23N3O2.C6H4N.2Pt/c1-3-12-32(13-4-1)40-22-23-41(28-40)33-14-9-19-37(27-33)43-36-18-8-11-31(25-36)38-26-30(20-21-39-38)29-10-7-17-35(24-29)42-34-15-5-2-6-16-34;1-2-7-5-3-4-6-7;;/h1-15,17-19,21-23,26,28H;3-6H;;/q-6;-1;;+4. The summed E-state index contributed by atoms with van der Waals surface area (Å²) in [4.78, 5) is 8.61. The second-order valence-electron chi connectivity index (χ2n) is 10.8. The van der Waals surface area contributed by atoms with E-state index in [1.54, 1.807) is 23.2 Å². The number of benzene rings is 5. The Hall–Kier alpha value is -5.59. The number of hydrogen-bond acceptors (Lipinski definition) is 5. The van der Waals surface area contributed by atoms with Gasteiger partial charge in [-0.05, 0) is 36.7 Å². The van der Waals surface area contributed by atoms with Crippen LogP contribution < -0.4 is 19.3 Å². The van der Waals surface area contributed by atoms with Crippen molar-refractivity contribution in [3.05, 3.63) is 202 Å². The number of para-hydroxylation sites is 2. The first-order valence-electron chi connectivity index (χ1n) is 15.7. The Kier molecular flexibility index (Phi) is 13.5. The van der Waals surface area contributed by atoms with Crippen molar-refractivity contribution in [2.75, 3.05) is 9.80 Å². The summed E-state index contributed by atoms with van der Waals surface area (Å²) in [6.07, 6.45) is 15.7. The molecule has 0 radical (unpaired) electrons. The maximum Gasteiger partial charge on any atom is 4.00 e. The third kappa shape index (κ3) is 9.80. The van der Waals surface area contributed by atoms with E-state index in [9.17, 15) is 0 Å². The summed E-state index contributed by atoms with van der Waals surface area (Å²) in [5.74, 6) is 2.38. The molecule has 0 unspecified atom stereocenters. The summed E-state index contributed by atoms with van der Waals surface area (Å²) >= 11 is 0. The number of pyridine rings is 1. The van der Waals surface area contributed by atoms with Crippen LogP contribution in [-0.4, -0.2) is 9.55 Å². The zero-order chi connectivity index (χ0) is 34.0. The van der Waals surface area contributed by atoms with Gasteiger partial charge in [0.05, 0.1) is 0 Å². The van der Waals surface area contributed by atoms with Gasteiger partial charge in [0.1, 0.15) is 0 Å². The van der Waals surface area contributed by atoms with Gasteiger partial charge in [-0.2, -0.15) is 36.4 Å². The Morgan fingerprint density at radius 2 is 1.25 bits per heavy atom. The van der Waals surface area contributed by atoms with Gasteiger partial charge in [-0.1, -0.05) is 36.2 Å². The van der Waals surface area contributed by atoms with Crippen LogP contribution >= 0.6 is 0 Å². The van der Waals surface area contributed by atoms with Crippen molar-refractivity contribution in [1.82, 2.24) is 9.55 Å². The molecule has 0 fully saturated rings. The summed E-state index contributed by atoms with van der Waals surface area (Å²) in [6, 6.07) is 59.1. The molecule has 0 atom stereocenters. The molecule has 0 amide bonds. The van der Waals surface area contributed by atoms with Crippen LogP contribution in [-0.2, 0) is 42.1 Å². The van der Waals surface area contributed by atoms with E-state index in [0.717, 1.165) is 33.8 Å². The predicted molar refractivity (Wildman–Crippen MR) is 194 cm³/mol. The summed E-state index contributed by atoms with van der Waals surface area (Å²) in [5.41, 5.74) is 5.17. The molecule has 0 N–H and O–H groups in total. The van der Waals surface area contributed by atoms with E-state index in [1.165, 1.54) is 0 Å². The van der Waals surface area contributed by atoms with E-state index >= 15 is 0 Å². The number of rotatable bonds is 8. The largest absolute Gasteiger partial charge is 4.00 e. The summed E-state index contributed by atoms with van der Waals surface area (Å²) in [5, 5.41) is 0. The molecule has 1 aliphatic rings. The van der Waals surface area contributed by atoms with Gasteiger partial charge in [0.2, 0.25) is 0 Å². The topological polar surface area (TPSA) is 42.8 Å².